The second kappa shape index (κ2) is 6.31. The number of hydrogen-bond acceptors (Lipinski definition) is 3. The van der Waals surface area contributed by atoms with E-state index in [1.54, 1.807) is 0 Å². The molecular weight excluding hydrogens is 163 g/mol. The number of carbonyl (C=O) groups is 2. The first-order valence-electron chi connectivity index (χ1n) is 2.17. The molecule has 0 rings (SSSR count). The minimum atomic E-state index is -1.36. The average Bonchev–Trinajstić information content (AvgIpc) is 1.63. The van der Waals surface area contributed by atoms with E-state index in [2.05, 4.69) is 11.6 Å². The molecule has 0 saturated heterocycles. The summed E-state index contributed by atoms with van der Waals surface area (Å²) < 4.78 is 0. The summed E-state index contributed by atoms with van der Waals surface area (Å²) in [6.45, 7) is 1.20. The molecule has 6 heteroatoms. The van der Waals surface area contributed by atoms with E-state index in [1.807, 2.05) is 0 Å². The van der Waals surface area contributed by atoms with Crippen molar-refractivity contribution in [1.29, 1.82) is 0 Å². The van der Waals surface area contributed by atoms with Crippen molar-refractivity contribution in [2.45, 2.75) is 13.0 Å². The summed E-state index contributed by atoms with van der Waals surface area (Å²) in [7, 11) is 0. The Hall–Kier alpha value is -0.810. The summed E-state index contributed by atoms with van der Waals surface area (Å²) in [6, 6.07) is 0. The number of carboxylic acids is 1. The molecule has 0 aliphatic carbocycles. The molecule has 0 radical (unpaired) electrons. The highest BCUT2D eigenvalue weighted by molar-refractivity contribution is 6.60. The first kappa shape index (κ1) is 11.9. The molecule has 1 atom stereocenters. The van der Waals surface area contributed by atoms with E-state index in [1.165, 1.54) is 6.92 Å². The van der Waals surface area contributed by atoms with Gasteiger partial charge in [0.05, 0.1) is 0 Å². The van der Waals surface area contributed by atoms with Gasteiger partial charge in [0.15, 0.2) is 0 Å². The van der Waals surface area contributed by atoms with Crippen molar-refractivity contribution in [3.05, 3.63) is 0 Å². The Balaban J connectivity index is 0. The third-order valence-electron chi connectivity index (χ3n) is 0.357. The van der Waals surface area contributed by atoms with Crippen molar-refractivity contribution in [3.63, 3.8) is 0 Å². The first-order chi connectivity index (χ1) is 4.37. The van der Waals surface area contributed by atoms with Crippen molar-refractivity contribution >= 4 is 23.0 Å². The zero-order valence-electron chi connectivity index (χ0n) is 5.11. The van der Waals surface area contributed by atoms with E-state index in [9.17, 15) is 4.79 Å². The van der Waals surface area contributed by atoms with Gasteiger partial charge in [-0.1, -0.05) is 0 Å². The fourth-order valence-electron chi connectivity index (χ4n) is 0. The van der Waals surface area contributed by atoms with Crippen LogP contribution >= 0.6 is 11.6 Å². The second-order valence-electron chi connectivity index (χ2n) is 1.27. The molecule has 0 spiro atoms. The third kappa shape index (κ3) is 27.1. The van der Waals surface area contributed by atoms with Crippen LogP contribution < -0.4 is 0 Å². The molecule has 0 saturated carbocycles. The van der Waals surface area contributed by atoms with Gasteiger partial charge in [0.1, 0.15) is 6.10 Å². The van der Waals surface area contributed by atoms with Crippen molar-refractivity contribution in [3.8, 4) is 0 Å². The Bertz CT molecular complexity index is 117. The number of aliphatic carboxylic acids is 1. The molecule has 0 aromatic carbocycles. The van der Waals surface area contributed by atoms with E-state index in [0.29, 0.717) is 0 Å². The Kier molecular flexibility index (Phi) is 7.53. The molecule has 0 heterocycles. The van der Waals surface area contributed by atoms with E-state index in [4.69, 9.17) is 20.1 Å². The maximum Gasteiger partial charge on any atom is 0.401 e. The molecule has 0 aliphatic heterocycles. The lowest BCUT2D eigenvalue weighted by Gasteiger charge is -1.89. The van der Waals surface area contributed by atoms with Crippen LogP contribution in [0.15, 0.2) is 0 Å². The number of halogens is 1. The van der Waals surface area contributed by atoms with Crippen molar-refractivity contribution in [1.82, 2.24) is 0 Å². The van der Waals surface area contributed by atoms with E-state index in [-0.39, 0.29) is 0 Å². The smallest absolute Gasteiger partial charge is 0.401 e. The molecule has 0 aromatic rings. The molecule has 60 valence electrons. The highest BCUT2D eigenvalue weighted by atomic mass is 35.5. The number of rotatable bonds is 1. The predicted molar refractivity (Wildman–Crippen MR) is 33.2 cm³/mol. The fourth-order valence-corrected chi connectivity index (χ4v) is 0. The van der Waals surface area contributed by atoms with Crippen LogP contribution in [0.4, 0.5) is 4.79 Å². The van der Waals surface area contributed by atoms with E-state index >= 15 is 0 Å². The molecule has 0 aromatic heterocycles. The summed E-state index contributed by atoms with van der Waals surface area (Å²) in [5.41, 5.74) is -1.36. The molecule has 0 amide bonds. The summed E-state index contributed by atoms with van der Waals surface area (Å²) in [5, 5.41) is 23.0. The highest BCUT2D eigenvalue weighted by Gasteiger charge is 2.01. The minimum Gasteiger partial charge on any atom is -0.479 e. The summed E-state index contributed by atoms with van der Waals surface area (Å²) in [5.74, 6) is -1.19. The molecule has 5 nitrogen and oxygen atoms in total. The fraction of sp³-hybridized carbons (Fsp3) is 0.500. The van der Waals surface area contributed by atoms with Crippen LogP contribution in [0.25, 0.3) is 0 Å². The van der Waals surface area contributed by atoms with Gasteiger partial charge in [-0.05, 0) is 6.92 Å². The monoisotopic (exact) mass is 170 g/mol. The number of aliphatic hydroxyl groups is 1. The normalized spacial score (nSPS) is 10.7. The number of carboxylic acid groups (broad SMARTS) is 2. The Morgan fingerprint density at radius 2 is 1.50 bits per heavy atom. The minimum absolute atomic E-state index is 1.19. The van der Waals surface area contributed by atoms with Gasteiger partial charge in [-0.2, -0.15) is 0 Å². The molecular formula is C4H7ClO5. The van der Waals surface area contributed by atoms with Crippen LogP contribution in [0, 0.1) is 0 Å². The van der Waals surface area contributed by atoms with Gasteiger partial charge in [0.2, 0.25) is 0 Å². The zero-order valence-corrected chi connectivity index (χ0v) is 5.87. The SMILES string of the molecule is CC(O)C(=O)O.O=C(O)Cl. The van der Waals surface area contributed by atoms with Crippen LogP contribution in [0.3, 0.4) is 0 Å². The number of aliphatic hydroxyl groups excluding tert-OH is 1. The van der Waals surface area contributed by atoms with Crippen LogP contribution in [0.1, 0.15) is 6.92 Å². The first-order valence-corrected chi connectivity index (χ1v) is 2.55. The molecule has 0 fully saturated rings. The third-order valence-corrected chi connectivity index (χ3v) is 0.357. The average molecular weight is 171 g/mol. The van der Waals surface area contributed by atoms with Crippen LogP contribution in [0.2, 0.25) is 0 Å². The Labute approximate surface area is 61.8 Å². The van der Waals surface area contributed by atoms with Crippen LogP contribution in [-0.2, 0) is 4.79 Å². The lowest BCUT2D eigenvalue weighted by atomic mass is 10.4. The molecule has 0 bridgehead atoms. The van der Waals surface area contributed by atoms with Gasteiger partial charge < -0.3 is 15.3 Å². The summed E-state index contributed by atoms with van der Waals surface area (Å²) in [6.07, 6.45) is -1.23. The lowest BCUT2D eigenvalue weighted by molar-refractivity contribution is -0.145. The van der Waals surface area contributed by atoms with Crippen LogP contribution in [-0.4, -0.2) is 32.8 Å². The van der Waals surface area contributed by atoms with Gasteiger partial charge in [-0.3, -0.25) is 0 Å². The topological polar surface area (TPSA) is 94.8 Å². The van der Waals surface area contributed by atoms with Crippen molar-refractivity contribution in [2.24, 2.45) is 0 Å². The largest absolute Gasteiger partial charge is 0.479 e. The van der Waals surface area contributed by atoms with Crippen molar-refractivity contribution in [2.75, 3.05) is 0 Å². The van der Waals surface area contributed by atoms with Gasteiger partial charge in [-0.25, -0.2) is 9.59 Å². The standard InChI is InChI=1S/C3H6O3.CHClO2/c1-2(4)3(5)6;2-1(3)4/h2,4H,1H3,(H,5,6);(H,3,4). The van der Waals surface area contributed by atoms with Crippen molar-refractivity contribution < 1.29 is 24.9 Å². The molecule has 10 heavy (non-hydrogen) atoms. The summed E-state index contributed by atoms with van der Waals surface area (Å²) >= 11 is 4.19. The Morgan fingerprint density at radius 1 is 1.40 bits per heavy atom. The lowest BCUT2D eigenvalue weighted by Crippen LogP contribution is -2.13. The maximum atomic E-state index is 9.45. The van der Waals surface area contributed by atoms with Gasteiger partial charge in [0, 0.05) is 11.6 Å². The Morgan fingerprint density at radius 3 is 1.50 bits per heavy atom. The van der Waals surface area contributed by atoms with E-state index < -0.39 is 17.5 Å². The summed E-state index contributed by atoms with van der Waals surface area (Å²) in [4.78, 5) is 18.2. The molecule has 3 N–H and O–H groups in total. The van der Waals surface area contributed by atoms with Gasteiger partial charge >= 0.3 is 11.4 Å². The van der Waals surface area contributed by atoms with Gasteiger partial charge in [0.25, 0.3) is 0 Å². The second-order valence-corrected chi connectivity index (χ2v) is 1.59. The predicted octanol–water partition coefficient (Wildman–Crippen LogP) is 0.355. The van der Waals surface area contributed by atoms with Gasteiger partial charge in [-0.15, -0.1) is 0 Å². The quantitative estimate of drug-likeness (QED) is 0.494. The maximum absolute atomic E-state index is 9.45. The van der Waals surface area contributed by atoms with E-state index in [0.717, 1.165) is 0 Å². The molecule has 1 unspecified atom stereocenters. The van der Waals surface area contributed by atoms with Crippen LogP contribution in [0.5, 0.6) is 0 Å². The zero-order chi connectivity index (χ0) is 8.73. The highest BCUT2D eigenvalue weighted by Crippen LogP contribution is 1.73. The number of hydrogen-bond donors (Lipinski definition) is 3. The molecule has 0 aliphatic rings.